The molecular formula is C20H13ClFN3O2S2. The Morgan fingerprint density at radius 3 is 2.14 bits per heavy atom. The minimum atomic E-state index is -3.69. The lowest BCUT2D eigenvalue weighted by Crippen LogP contribution is -2.03. The van der Waals surface area contributed by atoms with Crippen LogP contribution in [0, 0.1) is 10.6 Å². The predicted molar refractivity (Wildman–Crippen MR) is 111 cm³/mol. The fourth-order valence-corrected chi connectivity index (χ4v) is 4.50. The smallest absolute Gasteiger partial charge is 0.206 e. The normalized spacial score (nSPS) is 11.5. The number of sulfone groups is 1. The van der Waals surface area contributed by atoms with Gasteiger partial charge in [0, 0.05) is 10.6 Å². The molecule has 0 aliphatic carbocycles. The first-order valence-corrected chi connectivity index (χ1v) is 10.7. The first-order valence-electron chi connectivity index (χ1n) is 8.41. The van der Waals surface area contributed by atoms with Crippen molar-refractivity contribution in [2.24, 2.45) is 0 Å². The standard InChI is InChI=1S/C20H13ClFN3O2S2/c21-14-7-11-16(12-8-14)29(26,27)15-9-5-13(6-10-15)19-23-24-20(28)25(19)18-4-2-1-3-17(18)22/h1-12H,(H,24,28). The zero-order valence-corrected chi connectivity index (χ0v) is 17.1. The number of rotatable bonds is 4. The largest absolute Gasteiger partial charge is 0.265 e. The van der Waals surface area contributed by atoms with Crippen molar-refractivity contribution in [1.82, 2.24) is 14.8 Å². The number of aromatic nitrogens is 3. The zero-order chi connectivity index (χ0) is 20.6. The van der Waals surface area contributed by atoms with E-state index in [9.17, 15) is 12.8 Å². The minimum absolute atomic E-state index is 0.121. The number of nitrogens with one attached hydrogen (secondary N) is 1. The first-order chi connectivity index (χ1) is 13.9. The SMILES string of the molecule is O=S(=O)(c1ccc(Cl)cc1)c1ccc(-c2n[nH]c(=S)n2-c2ccccc2F)cc1. The summed E-state index contributed by atoms with van der Waals surface area (Å²) in [6.07, 6.45) is 0. The summed E-state index contributed by atoms with van der Waals surface area (Å²) in [5, 5.41) is 7.29. The Kier molecular flexibility index (Phi) is 5.08. The lowest BCUT2D eigenvalue weighted by atomic mass is 10.2. The number of hydrogen-bond donors (Lipinski definition) is 1. The summed E-state index contributed by atoms with van der Waals surface area (Å²) in [4.78, 5) is 0.263. The van der Waals surface area contributed by atoms with Gasteiger partial charge in [0.25, 0.3) is 0 Å². The van der Waals surface area contributed by atoms with E-state index in [0.717, 1.165) is 0 Å². The molecule has 146 valence electrons. The van der Waals surface area contributed by atoms with Gasteiger partial charge in [0.2, 0.25) is 9.84 Å². The van der Waals surface area contributed by atoms with Crippen molar-refractivity contribution in [3.05, 3.63) is 88.4 Å². The molecule has 0 bridgehead atoms. The van der Waals surface area contributed by atoms with Gasteiger partial charge in [0.05, 0.1) is 15.5 Å². The average Bonchev–Trinajstić information content (AvgIpc) is 3.10. The second-order valence-corrected chi connectivity index (χ2v) is 8.89. The second kappa shape index (κ2) is 7.55. The van der Waals surface area contributed by atoms with Gasteiger partial charge in [0.15, 0.2) is 10.6 Å². The maximum Gasteiger partial charge on any atom is 0.206 e. The number of halogens is 2. The molecule has 0 fully saturated rings. The molecule has 9 heteroatoms. The van der Waals surface area contributed by atoms with Crippen molar-refractivity contribution in [1.29, 1.82) is 0 Å². The van der Waals surface area contributed by atoms with Crippen LogP contribution >= 0.6 is 23.8 Å². The molecule has 5 nitrogen and oxygen atoms in total. The molecule has 0 spiro atoms. The van der Waals surface area contributed by atoms with Gasteiger partial charge in [-0.3, -0.25) is 9.67 Å². The molecule has 0 saturated carbocycles. The van der Waals surface area contributed by atoms with Crippen molar-refractivity contribution < 1.29 is 12.8 Å². The van der Waals surface area contributed by atoms with Crippen LogP contribution in [0.15, 0.2) is 82.6 Å². The van der Waals surface area contributed by atoms with Crippen LogP contribution < -0.4 is 0 Å². The van der Waals surface area contributed by atoms with Crippen molar-refractivity contribution in [3.8, 4) is 17.1 Å². The maximum atomic E-state index is 14.3. The minimum Gasteiger partial charge on any atom is -0.265 e. The fourth-order valence-electron chi connectivity index (χ4n) is 2.88. The fraction of sp³-hybridized carbons (Fsp3) is 0. The van der Waals surface area contributed by atoms with Crippen LogP contribution in [0.2, 0.25) is 5.02 Å². The van der Waals surface area contributed by atoms with E-state index in [-0.39, 0.29) is 20.2 Å². The molecular weight excluding hydrogens is 433 g/mol. The Morgan fingerprint density at radius 2 is 1.52 bits per heavy atom. The molecule has 4 aromatic rings. The Morgan fingerprint density at radius 1 is 0.931 bits per heavy atom. The molecule has 0 aliphatic rings. The zero-order valence-electron chi connectivity index (χ0n) is 14.7. The quantitative estimate of drug-likeness (QED) is 0.437. The van der Waals surface area contributed by atoms with E-state index in [0.29, 0.717) is 16.4 Å². The first kappa shape index (κ1) is 19.5. The van der Waals surface area contributed by atoms with Crippen LogP contribution in [0.5, 0.6) is 0 Å². The third-order valence-corrected chi connectivity index (χ3v) is 6.62. The summed E-state index contributed by atoms with van der Waals surface area (Å²) < 4.78 is 41.5. The molecule has 29 heavy (non-hydrogen) atoms. The summed E-state index contributed by atoms with van der Waals surface area (Å²) in [5.41, 5.74) is 0.828. The second-order valence-electron chi connectivity index (χ2n) is 6.12. The Labute approximate surface area is 176 Å². The summed E-state index contributed by atoms with van der Waals surface area (Å²) in [6, 6.07) is 18.3. The molecule has 1 N–H and O–H groups in total. The number of hydrogen-bond acceptors (Lipinski definition) is 4. The highest BCUT2D eigenvalue weighted by molar-refractivity contribution is 7.91. The summed E-state index contributed by atoms with van der Waals surface area (Å²) in [7, 11) is -3.69. The van der Waals surface area contributed by atoms with Gasteiger partial charge < -0.3 is 0 Å². The Balaban J connectivity index is 1.76. The average molecular weight is 446 g/mol. The molecule has 3 aromatic carbocycles. The van der Waals surface area contributed by atoms with E-state index in [2.05, 4.69) is 10.2 Å². The van der Waals surface area contributed by atoms with Crippen LogP contribution in [-0.2, 0) is 9.84 Å². The third-order valence-electron chi connectivity index (χ3n) is 4.31. The van der Waals surface area contributed by atoms with Crippen molar-refractivity contribution in [3.63, 3.8) is 0 Å². The van der Waals surface area contributed by atoms with Crippen LogP contribution in [0.4, 0.5) is 4.39 Å². The van der Waals surface area contributed by atoms with Gasteiger partial charge in [-0.15, -0.1) is 0 Å². The van der Waals surface area contributed by atoms with Gasteiger partial charge in [-0.05, 0) is 72.9 Å². The van der Waals surface area contributed by atoms with E-state index >= 15 is 0 Å². The molecule has 0 aliphatic heterocycles. The molecule has 0 radical (unpaired) electrons. The number of benzene rings is 3. The van der Waals surface area contributed by atoms with Gasteiger partial charge in [0.1, 0.15) is 5.82 Å². The van der Waals surface area contributed by atoms with E-state index < -0.39 is 15.7 Å². The molecule has 4 rings (SSSR count). The van der Waals surface area contributed by atoms with Crippen molar-refractivity contribution in [2.45, 2.75) is 9.79 Å². The highest BCUT2D eigenvalue weighted by Crippen LogP contribution is 2.27. The maximum absolute atomic E-state index is 14.3. The number of aromatic amines is 1. The van der Waals surface area contributed by atoms with E-state index in [4.69, 9.17) is 23.8 Å². The number of nitrogens with zero attached hydrogens (tertiary/aromatic N) is 2. The van der Waals surface area contributed by atoms with Crippen molar-refractivity contribution in [2.75, 3.05) is 0 Å². The lowest BCUT2D eigenvalue weighted by Gasteiger charge is -2.09. The molecule has 0 atom stereocenters. The highest BCUT2D eigenvalue weighted by atomic mass is 35.5. The van der Waals surface area contributed by atoms with Crippen LogP contribution in [0.25, 0.3) is 17.1 Å². The highest BCUT2D eigenvalue weighted by Gasteiger charge is 2.19. The summed E-state index contributed by atoms with van der Waals surface area (Å²) in [5.74, 6) is -0.0799. The predicted octanol–water partition coefficient (Wildman–Crippen LogP) is 5.22. The van der Waals surface area contributed by atoms with E-state index in [1.54, 1.807) is 30.3 Å². The van der Waals surface area contributed by atoms with Crippen LogP contribution in [0.1, 0.15) is 0 Å². The van der Waals surface area contributed by atoms with E-state index in [1.807, 2.05) is 0 Å². The monoisotopic (exact) mass is 445 g/mol. The topological polar surface area (TPSA) is 67.8 Å². The van der Waals surface area contributed by atoms with Gasteiger partial charge in [-0.2, -0.15) is 5.10 Å². The summed E-state index contributed by atoms with van der Waals surface area (Å²) in [6.45, 7) is 0. The van der Waals surface area contributed by atoms with Gasteiger partial charge in [-0.1, -0.05) is 23.7 Å². The van der Waals surface area contributed by atoms with Gasteiger partial charge >= 0.3 is 0 Å². The molecule has 1 heterocycles. The molecule has 1 aromatic heterocycles. The molecule has 0 unspecified atom stereocenters. The molecule has 0 saturated heterocycles. The number of H-pyrrole nitrogens is 1. The van der Waals surface area contributed by atoms with E-state index in [1.165, 1.54) is 47.0 Å². The Bertz CT molecular complexity index is 1350. The van der Waals surface area contributed by atoms with Gasteiger partial charge in [-0.25, -0.2) is 12.8 Å². The summed E-state index contributed by atoms with van der Waals surface area (Å²) >= 11 is 11.1. The number of para-hydroxylation sites is 1. The molecule has 0 amide bonds. The van der Waals surface area contributed by atoms with Crippen LogP contribution in [0.3, 0.4) is 0 Å². The Hall–Kier alpha value is -2.81. The van der Waals surface area contributed by atoms with Crippen molar-refractivity contribution >= 4 is 33.7 Å². The lowest BCUT2D eigenvalue weighted by molar-refractivity contribution is 0.596. The third kappa shape index (κ3) is 3.62. The van der Waals surface area contributed by atoms with Crippen LogP contribution in [-0.4, -0.2) is 23.2 Å².